The molecule has 1 aromatic heterocycles. The zero-order valence-electron chi connectivity index (χ0n) is 13.2. The van der Waals surface area contributed by atoms with Gasteiger partial charge in [0, 0.05) is 58.1 Å². The van der Waals surface area contributed by atoms with E-state index in [-0.39, 0.29) is 11.4 Å². The van der Waals surface area contributed by atoms with Gasteiger partial charge in [-0.05, 0) is 12.5 Å². The smallest absolute Gasteiger partial charge is 0.319 e. The summed E-state index contributed by atoms with van der Waals surface area (Å²) in [7, 11) is 3.58. The van der Waals surface area contributed by atoms with Gasteiger partial charge in [0.25, 0.3) is 0 Å². The van der Waals surface area contributed by atoms with Crippen LogP contribution in [0.1, 0.15) is 6.42 Å². The van der Waals surface area contributed by atoms with Crippen LogP contribution in [0.25, 0.3) is 0 Å². The van der Waals surface area contributed by atoms with E-state index in [0.717, 1.165) is 32.0 Å². The Bertz CT molecular complexity index is 524. The Morgan fingerprint density at radius 3 is 2.77 bits per heavy atom. The first-order valence-corrected chi connectivity index (χ1v) is 7.66. The third-order valence-corrected chi connectivity index (χ3v) is 4.37. The van der Waals surface area contributed by atoms with E-state index in [1.165, 1.54) is 0 Å². The Morgan fingerprint density at radius 2 is 2.05 bits per heavy atom. The molecular weight excluding hydrogens is 282 g/mol. The molecule has 3 heterocycles. The van der Waals surface area contributed by atoms with Crippen LogP contribution in [-0.4, -0.2) is 79.3 Å². The third-order valence-electron chi connectivity index (χ3n) is 4.37. The summed E-state index contributed by atoms with van der Waals surface area (Å²) in [6.45, 7) is 4.40. The monoisotopic (exact) mass is 305 g/mol. The van der Waals surface area contributed by atoms with Crippen molar-refractivity contribution in [2.45, 2.75) is 6.42 Å². The van der Waals surface area contributed by atoms with Crippen molar-refractivity contribution in [1.82, 2.24) is 19.8 Å². The molecule has 0 saturated carbocycles. The number of anilines is 1. The number of hydrogen-bond donors (Lipinski definition) is 0. The van der Waals surface area contributed by atoms with Gasteiger partial charge in [0.2, 0.25) is 5.95 Å². The highest BCUT2D eigenvalue weighted by Crippen LogP contribution is 2.34. The number of amides is 2. The predicted octanol–water partition coefficient (Wildman–Crippen LogP) is 0.687. The molecule has 2 fully saturated rings. The fourth-order valence-corrected chi connectivity index (χ4v) is 3.25. The first-order valence-electron chi connectivity index (χ1n) is 7.66. The van der Waals surface area contributed by atoms with E-state index in [2.05, 4.69) is 14.9 Å². The summed E-state index contributed by atoms with van der Waals surface area (Å²) >= 11 is 0. The van der Waals surface area contributed by atoms with Crippen molar-refractivity contribution >= 4 is 12.0 Å². The van der Waals surface area contributed by atoms with Crippen molar-refractivity contribution in [3.05, 3.63) is 18.5 Å². The van der Waals surface area contributed by atoms with Crippen LogP contribution >= 0.6 is 0 Å². The van der Waals surface area contributed by atoms with E-state index in [1.54, 1.807) is 31.4 Å². The van der Waals surface area contributed by atoms with Gasteiger partial charge in [0.15, 0.2) is 0 Å². The van der Waals surface area contributed by atoms with Gasteiger partial charge in [-0.1, -0.05) is 0 Å². The molecule has 120 valence electrons. The summed E-state index contributed by atoms with van der Waals surface area (Å²) in [5.74, 6) is 0.758. The molecule has 7 heteroatoms. The molecule has 2 aliphatic rings. The molecule has 2 aliphatic heterocycles. The van der Waals surface area contributed by atoms with Crippen molar-refractivity contribution < 1.29 is 9.53 Å². The van der Waals surface area contributed by atoms with Crippen LogP contribution in [0.3, 0.4) is 0 Å². The second-order valence-corrected chi connectivity index (χ2v) is 6.37. The molecule has 0 radical (unpaired) electrons. The fraction of sp³-hybridized carbons (Fsp3) is 0.667. The number of urea groups is 1. The average Bonchev–Trinajstić information content (AvgIpc) is 2.82. The summed E-state index contributed by atoms with van der Waals surface area (Å²) in [6.07, 6.45) is 4.51. The number of hydrogen-bond acceptors (Lipinski definition) is 5. The summed E-state index contributed by atoms with van der Waals surface area (Å²) < 4.78 is 5.80. The van der Waals surface area contributed by atoms with Crippen LogP contribution in [-0.2, 0) is 4.74 Å². The van der Waals surface area contributed by atoms with Gasteiger partial charge in [0.05, 0.1) is 13.2 Å². The fourth-order valence-electron chi connectivity index (χ4n) is 3.25. The van der Waals surface area contributed by atoms with Gasteiger partial charge in [-0.25, -0.2) is 14.8 Å². The maximum Gasteiger partial charge on any atom is 0.319 e. The van der Waals surface area contributed by atoms with Crippen LogP contribution in [0.5, 0.6) is 0 Å². The van der Waals surface area contributed by atoms with Gasteiger partial charge in [-0.15, -0.1) is 0 Å². The van der Waals surface area contributed by atoms with Crippen LogP contribution in [0.15, 0.2) is 18.5 Å². The van der Waals surface area contributed by atoms with Gasteiger partial charge < -0.3 is 19.4 Å². The lowest BCUT2D eigenvalue weighted by Crippen LogP contribution is -2.47. The lowest BCUT2D eigenvalue weighted by Gasteiger charge is -2.33. The molecule has 2 amide bonds. The molecule has 1 spiro atoms. The SMILES string of the molecule is CN(C)C(=O)N1CCOC[C@]2(CCN(c3ncccn3)C2)C1. The minimum atomic E-state index is -0.0264. The molecule has 0 aliphatic carbocycles. The van der Waals surface area contributed by atoms with E-state index in [0.29, 0.717) is 19.8 Å². The first kappa shape index (κ1) is 15.0. The van der Waals surface area contributed by atoms with Crippen molar-refractivity contribution in [1.29, 1.82) is 0 Å². The molecule has 0 bridgehead atoms. The van der Waals surface area contributed by atoms with Crippen molar-refractivity contribution in [2.24, 2.45) is 5.41 Å². The van der Waals surface area contributed by atoms with Gasteiger partial charge >= 0.3 is 6.03 Å². The molecule has 0 N–H and O–H groups in total. The molecule has 0 unspecified atom stereocenters. The molecule has 0 aromatic carbocycles. The minimum absolute atomic E-state index is 0.0264. The first-order chi connectivity index (χ1) is 10.6. The van der Waals surface area contributed by atoms with E-state index in [9.17, 15) is 4.79 Å². The van der Waals surface area contributed by atoms with Crippen molar-refractivity contribution in [3.63, 3.8) is 0 Å². The Labute approximate surface area is 130 Å². The van der Waals surface area contributed by atoms with E-state index in [1.807, 2.05) is 11.0 Å². The molecule has 1 aromatic rings. The largest absolute Gasteiger partial charge is 0.379 e. The minimum Gasteiger partial charge on any atom is -0.379 e. The van der Waals surface area contributed by atoms with Crippen LogP contribution in [0.4, 0.5) is 10.7 Å². The molecule has 2 saturated heterocycles. The van der Waals surface area contributed by atoms with Crippen molar-refractivity contribution in [2.75, 3.05) is 58.4 Å². The highest BCUT2D eigenvalue weighted by Gasteiger charge is 2.43. The number of carbonyl (C=O) groups excluding carboxylic acids is 1. The van der Waals surface area contributed by atoms with E-state index >= 15 is 0 Å². The Hall–Kier alpha value is -1.89. The standard InChI is InChI=1S/C15H23N5O2/c1-18(2)14(21)20-8-9-22-12-15(11-20)4-7-19(10-15)13-16-5-3-6-17-13/h3,5-6H,4,7-12H2,1-2H3/t15-/m0/s1. The number of nitrogens with zero attached hydrogens (tertiary/aromatic N) is 5. The third kappa shape index (κ3) is 2.99. The predicted molar refractivity (Wildman–Crippen MR) is 82.8 cm³/mol. The van der Waals surface area contributed by atoms with Crippen molar-refractivity contribution in [3.8, 4) is 0 Å². The number of rotatable bonds is 1. The quantitative estimate of drug-likeness (QED) is 0.764. The summed E-state index contributed by atoms with van der Waals surface area (Å²) in [5.41, 5.74) is -0.0264. The highest BCUT2D eigenvalue weighted by molar-refractivity contribution is 5.74. The molecule has 3 rings (SSSR count). The Morgan fingerprint density at radius 1 is 1.27 bits per heavy atom. The number of ether oxygens (including phenoxy) is 1. The molecule has 7 nitrogen and oxygen atoms in total. The van der Waals surface area contributed by atoms with Crippen LogP contribution in [0, 0.1) is 5.41 Å². The second-order valence-electron chi connectivity index (χ2n) is 6.37. The lowest BCUT2D eigenvalue weighted by molar-refractivity contribution is 0.0801. The van der Waals surface area contributed by atoms with Gasteiger partial charge in [-0.3, -0.25) is 0 Å². The normalized spacial score (nSPS) is 25.4. The van der Waals surface area contributed by atoms with Crippen LogP contribution in [0.2, 0.25) is 0 Å². The van der Waals surface area contributed by atoms with Crippen LogP contribution < -0.4 is 4.90 Å². The van der Waals surface area contributed by atoms with Gasteiger partial charge in [0.1, 0.15) is 0 Å². The lowest BCUT2D eigenvalue weighted by atomic mass is 9.87. The second kappa shape index (κ2) is 6.08. The average molecular weight is 305 g/mol. The maximum atomic E-state index is 12.3. The zero-order valence-corrected chi connectivity index (χ0v) is 13.2. The summed E-state index contributed by atoms with van der Waals surface area (Å²) in [4.78, 5) is 26.7. The number of carbonyl (C=O) groups is 1. The topological polar surface area (TPSA) is 61.8 Å². The van der Waals surface area contributed by atoms with Gasteiger partial charge in [-0.2, -0.15) is 0 Å². The molecular formula is C15H23N5O2. The molecule has 1 atom stereocenters. The maximum absolute atomic E-state index is 12.3. The number of aromatic nitrogens is 2. The Balaban J connectivity index is 1.74. The van der Waals surface area contributed by atoms with E-state index < -0.39 is 0 Å². The molecule has 22 heavy (non-hydrogen) atoms. The highest BCUT2D eigenvalue weighted by atomic mass is 16.5. The summed E-state index contributed by atoms with van der Waals surface area (Å²) in [6, 6.07) is 1.88. The summed E-state index contributed by atoms with van der Waals surface area (Å²) in [5, 5.41) is 0. The zero-order chi connectivity index (χ0) is 15.6. The Kier molecular flexibility index (Phi) is 4.15. The van der Waals surface area contributed by atoms with E-state index in [4.69, 9.17) is 4.74 Å².